The molecule has 0 aliphatic rings. The van der Waals surface area contributed by atoms with Gasteiger partial charge in [-0.2, -0.15) is 0 Å². The summed E-state index contributed by atoms with van der Waals surface area (Å²) < 4.78 is 0. The highest BCUT2D eigenvalue weighted by Crippen LogP contribution is 2.19. The second kappa shape index (κ2) is 5.00. The van der Waals surface area contributed by atoms with Crippen LogP contribution in [0.3, 0.4) is 0 Å². The largest absolute Gasteiger partial charge is 0.264 e. The topological polar surface area (TPSA) is 12.9 Å². The van der Waals surface area contributed by atoms with Crippen molar-refractivity contribution in [1.29, 1.82) is 0 Å². The Labute approximate surface area is 81.2 Å². The summed E-state index contributed by atoms with van der Waals surface area (Å²) in [4.78, 5) is 4.18. The molecule has 1 aromatic rings. The van der Waals surface area contributed by atoms with Crippen molar-refractivity contribution in [2.24, 2.45) is 0 Å². The Morgan fingerprint density at radius 2 is 2.15 bits per heavy atom. The van der Waals surface area contributed by atoms with E-state index in [4.69, 9.17) is 0 Å². The molecule has 0 aromatic carbocycles. The molecular weight excluding hydrogens is 158 g/mol. The van der Waals surface area contributed by atoms with E-state index in [-0.39, 0.29) is 0 Å². The van der Waals surface area contributed by atoms with E-state index in [0.29, 0.717) is 5.92 Å². The molecule has 0 fully saturated rings. The molecule has 0 spiro atoms. The summed E-state index contributed by atoms with van der Waals surface area (Å²) in [7, 11) is 0. The highest BCUT2D eigenvalue weighted by molar-refractivity contribution is 5.26. The van der Waals surface area contributed by atoms with E-state index in [2.05, 4.69) is 31.8 Å². The van der Waals surface area contributed by atoms with Crippen LogP contribution in [0.15, 0.2) is 18.5 Å². The predicted octanol–water partition coefficient (Wildman–Crippen LogP) is 3.55. The van der Waals surface area contributed by atoms with Crippen LogP contribution in [-0.2, 0) is 6.42 Å². The smallest absolute Gasteiger partial charge is 0.0302 e. The molecule has 13 heavy (non-hydrogen) atoms. The lowest BCUT2D eigenvalue weighted by Gasteiger charge is -2.10. The Bertz CT molecular complexity index is 253. The second-order valence-corrected chi connectivity index (χ2v) is 3.83. The maximum Gasteiger partial charge on any atom is 0.0302 e. The summed E-state index contributed by atoms with van der Waals surface area (Å²) in [5.74, 6) is 0.620. The van der Waals surface area contributed by atoms with E-state index in [9.17, 15) is 0 Å². The Balaban J connectivity index is 2.78. The average Bonchev–Trinajstić information content (AvgIpc) is 2.15. The minimum absolute atomic E-state index is 0.620. The Morgan fingerprint density at radius 1 is 1.38 bits per heavy atom. The molecule has 0 aliphatic carbocycles. The van der Waals surface area contributed by atoms with Crippen LogP contribution in [0.25, 0.3) is 0 Å². The van der Waals surface area contributed by atoms with Gasteiger partial charge in [0, 0.05) is 12.4 Å². The molecule has 0 N–H and O–H groups in total. The monoisotopic (exact) mass is 177 g/mol. The molecule has 0 saturated heterocycles. The SMILES string of the molecule is CCCCc1cnccc1C(C)C. The standard InChI is InChI=1S/C12H19N/c1-4-5-6-11-9-13-8-7-12(11)10(2)3/h7-10H,4-6H2,1-3H3. The molecule has 0 saturated carbocycles. The van der Waals surface area contributed by atoms with Crippen LogP contribution in [0, 0.1) is 0 Å². The van der Waals surface area contributed by atoms with Gasteiger partial charge in [0.25, 0.3) is 0 Å². The molecule has 0 bridgehead atoms. The number of pyridine rings is 1. The lowest BCUT2D eigenvalue weighted by atomic mass is 9.96. The number of unbranched alkanes of at least 4 members (excludes halogenated alkanes) is 1. The summed E-state index contributed by atoms with van der Waals surface area (Å²) >= 11 is 0. The summed E-state index contributed by atoms with van der Waals surface area (Å²) in [6.07, 6.45) is 7.62. The molecule has 0 amide bonds. The van der Waals surface area contributed by atoms with Gasteiger partial charge in [-0.1, -0.05) is 27.2 Å². The maximum absolute atomic E-state index is 4.18. The van der Waals surface area contributed by atoms with Gasteiger partial charge in [0.05, 0.1) is 0 Å². The van der Waals surface area contributed by atoms with Crippen LogP contribution in [0.1, 0.15) is 50.7 Å². The van der Waals surface area contributed by atoms with Crippen molar-refractivity contribution in [3.05, 3.63) is 29.6 Å². The molecule has 1 nitrogen and oxygen atoms in total. The van der Waals surface area contributed by atoms with E-state index in [1.54, 1.807) is 0 Å². The molecule has 0 atom stereocenters. The third-order valence-electron chi connectivity index (χ3n) is 2.36. The van der Waals surface area contributed by atoms with Crippen LogP contribution >= 0.6 is 0 Å². The molecule has 1 rings (SSSR count). The Kier molecular flexibility index (Phi) is 3.94. The molecule has 1 heterocycles. The molecule has 0 aliphatic heterocycles. The van der Waals surface area contributed by atoms with Crippen molar-refractivity contribution in [3.63, 3.8) is 0 Å². The fourth-order valence-electron chi connectivity index (χ4n) is 1.58. The number of aromatic nitrogens is 1. The molecule has 0 radical (unpaired) electrons. The first-order valence-electron chi connectivity index (χ1n) is 5.18. The quantitative estimate of drug-likeness (QED) is 0.685. The van der Waals surface area contributed by atoms with Crippen molar-refractivity contribution in [2.75, 3.05) is 0 Å². The molecule has 72 valence electrons. The minimum Gasteiger partial charge on any atom is -0.264 e. The van der Waals surface area contributed by atoms with Crippen molar-refractivity contribution in [3.8, 4) is 0 Å². The van der Waals surface area contributed by atoms with Crippen molar-refractivity contribution in [2.45, 2.75) is 46.0 Å². The third-order valence-corrected chi connectivity index (χ3v) is 2.36. The van der Waals surface area contributed by atoms with Crippen molar-refractivity contribution >= 4 is 0 Å². The molecule has 1 aromatic heterocycles. The summed E-state index contributed by atoms with van der Waals surface area (Å²) in [5.41, 5.74) is 2.89. The zero-order chi connectivity index (χ0) is 9.68. The van der Waals surface area contributed by atoms with Crippen molar-refractivity contribution in [1.82, 2.24) is 4.98 Å². The zero-order valence-electron chi connectivity index (χ0n) is 8.88. The summed E-state index contributed by atoms with van der Waals surface area (Å²) in [6, 6.07) is 2.15. The van der Waals surface area contributed by atoms with Gasteiger partial charge >= 0.3 is 0 Å². The van der Waals surface area contributed by atoms with Gasteiger partial charge in [0.2, 0.25) is 0 Å². The Morgan fingerprint density at radius 3 is 2.77 bits per heavy atom. The van der Waals surface area contributed by atoms with Crippen LogP contribution < -0.4 is 0 Å². The number of hydrogen-bond acceptors (Lipinski definition) is 1. The van der Waals surface area contributed by atoms with E-state index < -0.39 is 0 Å². The fourth-order valence-corrected chi connectivity index (χ4v) is 1.58. The van der Waals surface area contributed by atoms with Gasteiger partial charge in [-0.05, 0) is 36.0 Å². The first-order valence-corrected chi connectivity index (χ1v) is 5.18. The molecular formula is C12H19N. The van der Waals surface area contributed by atoms with Crippen LogP contribution in [0.5, 0.6) is 0 Å². The van der Waals surface area contributed by atoms with Gasteiger partial charge in [0.1, 0.15) is 0 Å². The molecule has 0 unspecified atom stereocenters. The van der Waals surface area contributed by atoms with Gasteiger partial charge in [-0.25, -0.2) is 0 Å². The molecule has 1 heteroatoms. The van der Waals surface area contributed by atoms with E-state index >= 15 is 0 Å². The Hall–Kier alpha value is -0.850. The number of aryl methyl sites for hydroxylation is 1. The third kappa shape index (κ3) is 2.83. The first kappa shape index (κ1) is 10.2. The van der Waals surface area contributed by atoms with Crippen LogP contribution in [0.4, 0.5) is 0 Å². The van der Waals surface area contributed by atoms with Gasteiger partial charge in [-0.15, -0.1) is 0 Å². The second-order valence-electron chi connectivity index (χ2n) is 3.83. The van der Waals surface area contributed by atoms with E-state index in [0.717, 1.165) is 0 Å². The lowest BCUT2D eigenvalue weighted by Crippen LogP contribution is -1.97. The highest BCUT2D eigenvalue weighted by Gasteiger charge is 2.04. The predicted molar refractivity (Wildman–Crippen MR) is 56.9 cm³/mol. The zero-order valence-corrected chi connectivity index (χ0v) is 8.88. The summed E-state index contributed by atoms with van der Waals surface area (Å²) in [6.45, 7) is 6.71. The number of rotatable bonds is 4. The normalized spacial score (nSPS) is 10.8. The maximum atomic E-state index is 4.18. The van der Waals surface area contributed by atoms with E-state index in [1.807, 2.05) is 12.4 Å². The minimum atomic E-state index is 0.620. The highest BCUT2D eigenvalue weighted by atomic mass is 14.6. The van der Waals surface area contributed by atoms with Crippen molar-refractivity contribution < 1.29 is 0 Å². The van der Waals surface area contributed by atoms with Crippen LogP contribution in [0.2, 0.25) is 0 Å². The van der Waals surface area contributed by atoms with E-state index in [1.165, 1.54) is 30.4 Å². The van der Waals surface area contributed by atoms with Crippen LogP contribution in [-0.4, -0.2) is 4.98 Å². The number of nitrogens with zero attached hydrogens (tertiary/aromatic N) is 1. The van der Waals surface area contributed by atoms with Gasteiger partial charge < -0.3 is 0 Å². The summed E-state index contributed by atoms with van der Waals surface area (Å²) in [5, 5.41) is 0. The average molecular weight is 177 g/mol. The van der Waals surface area contributed by atoms with Gasteiger partial charge in [-0.3, -0.25) is 4.98 Å². The fraction of sp³-hybridized carbons (Fsp3) is 0.583. The van der Waals surface area contributed by atoms with Gasteiger partial charge in [0.15, 0.2) is 0 Å². The first-order chi connectivity index (χ1) is 6.25. The lowest BCUT2D eigenvalue weighted by molar-refractivity contribution is 0.763. The number of hydrogen-bond donors (Lipinski definition) is 0.